The molecule has 0 saturated carbocycles. The number of quaternary nitrogens is 1. The first-order chi connectivity index (χ1) is 12.7. The molecule has 1 aliphatic heterocycles. The minimum absolute atomic E-state index is 0.323. The Kier molecular flexibility index (Phi) is 4.53. The highest BCUT2D eigenvalue weighted by Crippen LogP contribution is 2.22. The summed E-state index contributed by atoms with van der Waals surface area (Å²) in [6, 6.07) is 9.05. The van der Waals surface area contributed by atoms with Crippen LogP contribution in [0, 0.1) is 0 Å². The molecule has 1 fully saturated rings. The second-order valence-electron chi connectivity index (χ2n) is 6.42. The Labute approximate surface area is 150 Å². The van der Waals surface area contributed by atoms with Gasteiger partial charge in [0, 0.05) is 35.5 Å². The second kappa shape index (κ2) is 7.13. The Hall–Kier alpha value is -2.93. The summed E-state index contributed by atoms with van der Waals surface area (Å²) in [5.74, 6) is 1.46. The summed E-state index contributed by atoms with van der Waals surface area (Å²) in [5.41, 5.74) is 1.26. The van der Waals surface area contributed by atoms with Gasteiger partial charge in [0.15, 0.2) is 0 Å². The van der Waals surface area contributed by atoms with Crippen molar-refractivity contribution in [2.75, 3.05) is 38.2 Å². The molecule has 0 bridgehead atoms. The van der Waals surface area contributed by atoms with Crippen LogP contribution >= 0.6 is 0 Å². The third-order valence-corrected chi connectivity index (χ3v) is 4.78. The first-order valence-electron chi connectivity index (χ1n) is 8.69. The molecule has 0 amide bonds. The van der Waals surface area contributed by atoms with Crippen molar-refractivity contribution in [3.63, 3.8) is 0 Å². The quantitative estimate of drug-likeness (QED) is 0.689. The molecule has 26 heavy (non-hydrogen) atoms. The first kappa shape index (κ1) is 16.5. The number of hydrogen-bond acceptors (Lipinski definition) is 6. The van der Waals surface area contributed by atoms with E-state index in [0.29, 0.717) is 11.3 Å². The normalized spacial score (nSPS) is 15.3. The molecule has 1 aromatic carbocycles. The first-order valence-corrected chi connectivity index (χ1v) is 8.69. The lowest BCUT2D eigenvalue weighted by molar-refractivity contribution is -0.914. The van der Waals surface area contributed by atoms with Crippen LogP contribution in [0.5, 0.6) is 5.75 Å². The van der Waals surface area contributed by atoms with Gasteiger partial charge < -0.3 is 19.0 Å². The largest absolute Gasteiger partial charge is 0.497 e. The summed E-state index contributed by atoms with van der Waals surface area (Å²) >= 11 is 0. The van der Waals surface area contributed by atoms with Gasteiger partial charge in [0.2, 0.25) is 5.95 Å². The third kappa shape index (κ3) is 3.39. The van der Waals surface area contributed by atoms with Crippen molar-refractivity contribution in [2.24, 2.45) is 0 Å². The van der Waals surface area contributed by atoms with Gasteiger partial charge in [-0.05, 0) is 18.2 Å². The van der Waals surface area contributed by atoms with Crippen LogP contribution in [0.15, 0.2) is 51.9 Å². The summed E-state index contributed by atoms with van der Waals surface area (Å²) in [6.45, 7) is 4.52. The van der Waals surface area contributed by atoms with Crippen LogP contribution in [0.3, 0.4) is 0 Å². The average molecular weight is 353 g/mol. The lowest BCUT2D eigenvalue weighted by atomic mass is 10.1. The number of fused-ring (bicyclic) bond motifs is 1. The predicted molar refractivity (Wildman–Crippen MR) is 97.7 cm³/mol. The van der Waals surface area contributed by atoms with Gasteiger partial charge in [0.05, 0.1) is 33.3 Å². The number of ether oxygens (including phenoxy) is 1. The molecule has 0 atom stereocenters. The van der Waals surface area contributed by atoms with Gasteiger partial charge >= 0.3 is 5.63 Å². The molecule has 1 aliphatic rings. The second-order valence-corrected chi connectivity index (χ2v) is 6.42. The molecule has 4 rings (SSSR count). The van der Waals surface area contributed by atoms with Gasteiger partial charge in [0.1, 0.15) is 17.9 Å². The van der Waals surface area contributed by atoms with E-state index in [-0.39, 0.29) is 5.63 Å². The molecular weight excluding hydrogens is 332 g/mol. The van der Waals surface area contributed by atoms with Crippen LogP contribution in [0.1, 0.15) is 5.56 Å². The molecule has 0 spiro atoms. The highest BCUT2D eigenvalue weighted by molar-refractivity contribution is 5.81. The zero-order valence-electron chi connectivity index (χ0n) is 14.6. The van der Waals surface area contributed by atoms with Crippen LogP contribution in [0.2, 0.25) is 0 Å². The minimum atomic E-state index is -0.323. The molecule has 134 valence electrons. The monoisotopic (exact) mass is 353 g/mol. The average Bonchev–Trinajstić information content (AvgIpc) is 2.68. The summed E-state index contributed by atoms with van der Waals surface area (Å²) in [7, 11) is 1.60. The maximum absolute atomic E-state index is 11.9. The van der Waals surface area contributed by atoms with E-state index in [1.54, 1.807) is 31.6 Å². The highest BCUT2D eigenvalue weighted by Gasteiger charge is 2.22. The van der Waals surface area contributed by atoms with Crippen LogP contribution in [0.4, 0.5) is 5.95 Å². The molecule has 7 heteroatoms. The maximum Gasteiger partial charge on any atom is 0.336 e. The van der Waals surface area contributed by atoms with E-state index in [1.807, 2.05) is 18.2 Å². The number of aromatic nitrogens is 2. The van der Waals surface area contributed by atoms with E-state index < -0.39 is 0 Å². The molecule has 0 unspecified atom stereocenters. The van der Waals surface area contributed by atoms with E-state index in [1.165, 1.54) is 4.90 Å². The smallest absolute Gasteiger partial charge is 0.336 e. The summed E-state index contributed by atoms with van der Waals surface area (Å²) < 4.78 is 10.6. The van der Waals surface area contributed by atoms with Crippen molar-refractivity contribution in [3.05, 3.63) is 58.7 Å². The molecule has 2 aromatic heterocycles. The molecule has 7 nitrogen and oxygen atoms in total. The van der Waals surface area contributed by atoms with Gasteiger partial charge in [-0.2, -0.15) is 0 Å². The third-order valence-electron chi connectivity index (χ3n) is 4.78. The van der Waals surface area contributed by atoms with Gasteiger partial charge in [0.25, 0.3) is 0 Å². The van der Waals surface area contributed by atoms with E-state index in [0.717, 1.165) is 49.6 Å². The number of piperazine rings is 1. The Morgan fingerprint density at radius 1 is 1.19 bits per heavy atom. The molecule has 0 aliphatic carbocycles. The SMILES string of the molecule is COc1ccc2c(C[NH+]3CCN(c4ncccn4)CC3)cc(=O)oc2c1. The minimum Gasteiger partial charge on any atom is -0.497 e. The van der Waals surface area contributed by atoms with Crippen LogP contribution in [-0.2, 0) is 6.54 Å². The molecule has 1 N–H and O–H groups in total. The number of nitrogens with zero attached hydrogens (tertiary/aromatic N) is 3. The maximum atomic E-state index is 11.9. The Bertz CT molecular complexity index is 950. The van der Waals surface area contributed by atoms with Gasteiger partial charge in [-0.1, -0.05) is 0 Å². The summed E-state index contributed by atoms with van der Waals surface area (Å²) in [6.07, 6.45) is 3.54. The summed E-state index contributed by atoms with van der Waals surface area (Å²) in [5, 5.41) is 0.965. The van der Waals surface area contributed by atoms with Crippen LogP contribution in [-0.4, -0.2) is 43.3 Å². The van der Waals surface area contributed by atoms with Gasteiger partial charge in [-0.25, -0.2) is 14.8 Å². The number of methoxy groups -OCH3 is 1. The van der Waals surface area contributed by atoms with Gasteiger partial charge in [-0.3, -0.25) is 0 Å². The van der Waals surface area contributed by atoms with E-state index in [2.05, 4.69) is 14.9 Å². The fourth-order valence-electron chi connectivity index (χ4n) is 3.41. The summed E-state index contributed by atoms with van der Waals surface area (Å²) in [4.78, 5) is 24.2. The van der Waals surface area contributed by atoms with Crippen molar-refractivity contribution in [2.45, 2.75) is 6.54 Å². The Morgan fingerprint density at radius 3 is 2.69 bits per heavy atom. The van der Waals surface area contributed by atoms with Crippen LogP contribution < -0.4 is 20.2 Å². The topological polar surface area (TPSA) is 72.9 Å². The molecule has 3 aromatic rings. The fraction of sp³-hybridized carbons (Fsp3) is 0.316. The highest BCUT2D eigenvalue weighted by atomic mass is 16.5. The number of hydrogen-bond donors (Lipinski definition) is 1. The van der Waals surface area contributed by atoms with E-state index in [4.69, 9.17) is 9.15 Å². The lowest BCUT2D eigenvalue weighted by Gasteiger charge is -2.32. The standard InChI is InChI=1S/C19H20N4O3/c1-25-15-3-4-16-14(11-18(24)26-17(16)12-15)13-22-7-9-23(10-8-22)19-20-5-2-6-21-19/h2-6,11-12H,7-10,13H2,1H3/p+1. The molecule has 3 heterocycles. The Balaban J connectivity index is 1.51. The number of benzene rings is 1. The number of anilines is 1. The van der Waals surface area contributed by atoms with Crippen molar-refractivity contribution in [1.29, 1.82) is 0 Å². The van der Waals surface area contributed by atoms with Crippen molar-refractivity contribution < 1.29 is 14.1 Å². The number of nitrogens with one attached hydrogen (secondary N) is 1. The van der Waals surface area contributed by atoms with E-state index in [9.17, 15) is 4.79 Å². The van der Waals surface area contributed by atoms with Crippen LogP contribution in [0.25, 0.3) is 11.0 Å². The van der Waals surface area contributed by atoms with Crippen molar-refractivity contribution >= 4 is 16.9 Å². The lowest BCUT2D eigenvalue weighted by Crippen LogP contribution is -3.13. The molecule has 1 saturated heterocycles. The Morgan fingerprint density at radius 2 is 1.96 bits per heavy atom. The zero-order valence-corrected chi connectivity index (χ0v) is 14.6. The molecular formula is C19H21N4O3+. The number of rotatable bonds is 4. The predicted octanol–water partition coefficient (Wildman–Crippen LogP) is 0.497. The van der Waals surface area contributed by atoms with Gasteiger partial charge in [-0.15, -0.1) is 0 Å². The van der Waals surface area contributed by atoms with E-state index >= 15 is 0 Å². The zero-order chi connectivity index (χ0) is 17.9. The fourth-order valence-corrected chi connectivity index (χ4v) is 3.41. The van der Waals surface area contributed by atoms with Crippen molar-refractivity contribution in [3.8, 4) is 5.75 Å². The van der Waals surface area contributed by atoms with Crippen molar-refractivity contribution in [1.82, 2.24) is 9.97 Å². The molecule has 0 radical (unpaired) electrons.